The summed E-state index contributed by atoms with van der Waals surface area (Å²) in [5.74, 6) is 0.408. The number of ether oxygens (including phenoxy) is 1. The normalized spacial score (nSPS) is 16.5. The summed E-state index contributed by atoms with van der Waals surface area (Å²) in [5, 5.41) is 3.30. The smallest absolute Gasteiger partial charge is 0.165 e. The first-order chi connectivity index (χ1) is 12.1. The zero-order valence-corrected chi connectivity index (χ0v) is 17.2. The van der Waals surface area contributed by atoms with E-state index in [-0.39, 0.29) is 28.7 Å². The minimum Gasteiger partial charge on any atom is -0.490 e. The van der Waals surface area contributed by atoms with Gasteiger partial charge in [0.15, 0.2) is 21.4 Å². The van der Waals surface area contributed by atoms with Crippen LogP contribution in [0.5, 0.6) is 5.75 Å². The lowest BCUT2D eigenvalue weighted by Crippen LogP contribution is -2.37. The average Bonchev–Trinajstić information content (AvgIpc) is 3.34. The van der Waals surface area contributed by atoms with Gasteiger partial charge in [0.05, 0.1) is 18.1 Å². The second kappa shape index (κ2) is 8.70. The zero-order chi connectivity index (χ0) is 19.4. The highest BCUT2D eigenvalue weighted by atomic mass is 32.2. The maximum absolute atomic E-state index is 13.9. The summed E-state index contributed by atoms with van der Waals surface area (Å²) < 4.78 is 44.2. The fourth-order valence-corrected chi connectivity index (χ4v) is 4.45. The van der Waals surface area contributed by atoms with Gasteiger partial charge >= 0.3 is 0 Å². The maximum atomic E-state index is 13.9. The second-order valence-corrected chi connectivity index (χ2v) is 10.7. The van der Waals surface area contributed by atoms with Crippen LogP contribution in [0.3, 0.4) is 0 Å². The molecule has 0 bridgehead atoms. The summed E-state index contributed by atoms with van der Waals surface area (Å²) in [6.07, 6.45) is 2.87. The van der Waals surface area contributed by atoms with Crippen molar-refractivity contribution in [3.05, 3.63) is 29.6 Å². The SMILES string of the molecule is C[C@@H](CS(=O)(=O)CCCNC(C)(C)C)c1ccc(F)c(OCC2CC2)c1. The van der Waals surface area contributed by atoms with Crippen molar-refractivity contribution in [1.82, 2.24) is 5.32 Å². The number of halogens is 1. The van der Waals surface area contributed by atoms with Gasteiger partial charge in [0.25, 0.3) is 0 Å². The molecule has 0 amide bonds. The van der Waals surface area contributed by atoms with Crippen LogP contribution in [0.4, 0.5) is 4.39 Å². The Bertz CT molecular complexity index is 693. The molecule has 4 nitrogen and oxygen atoms in total. The van der Waals surface area contributed by atoms with E-state index in [0.29, 0.717) is 25.5 Å². The molecule has 1 aromatic carbocycles. The molecule has 148 valence electrons. The number of sulfone groups is 1. The van der Waals surface area contributed by atoms with Crippen LogP contribution >= 0.6 is 0 Å². The van der Waals surface area contributed by atoms with E-state index < -0.39 is 15.7 Å². The van der Waals surface area contributed by atoms with E-state index in [1.54, 1.807) is 12.1 Å². The maximum Gasteiger partial charge on any atom is 0.165 e. The number of benzene rings is 1. The van der Waals surface area contributed by atoms with Gasteiger partial charge in [-0.1, -0.05) is 13.0 Å². The van der Waals surface area contributed by atoms with Crippen molar-refractivity contribution in [3.8, 4) is 5.75 Å². The Hall–Kier alpha value is -1.14. The van der Waals surface area contributed by atoms with Crippen LogP contribution in [0.25, 0.3) is 0 Å². The molecular weight excluding hydrogens is 353 g/mol. The molecule has 1 N–H and O–H groups in total. The topological polar surface area (TPSA) is 55.4 Å². The lowest BCUT2D eigenvalue weighted by atomic mass is 10.0. The summed E-state index contributed by atoms with van der Waals surface area (Å²) in [5.41, 5.74) is 0.788. The predicted molar refractivity (Wildman–Crippen MR) is 104 cm³/mol. The minimum absolute atomic E-state index is 0.0119. The predicted octanol–water partition coefficient (Wildman–Crippen LogP) is 3.91. The van der Waals surface area contributed by atoms with Crippen molar-refractivity contribution < 1.29 is 17.5 Å². The van der Waals surface area contributed by atoms with E-state index in [4.69, 9.17) is 4.74 Å². The van der Waals surface area contributed by atoms with Crippen molar-refractivity contribution in [3.63, 3.8) is 0 Å². The molecule has 0 aromatic heterocycles. The van der Waals surface area contributed by atoms with Crippen molar-refractivity contribution in [2.75, 3.05) is 24.7 Å². The molecular formula is C20H32FNO3S. The van der Waals surface area contributed by atoms with Crippen LogP contribution in [-0.2, 0) is 9.84 Å². The lowest BCUT2D eigenvalue weighted by Gasteiger charge is -2.20. The summed E-state index contributed by atoms with van der Waals surface area (Å²) in [6.45, 7) is 9.24. The molecule has 26 heavy (non-hydrogen) atoms. The third-order valence-electron chi connectivity index (χ3n) is 4.49. The Labute approximate surface area is 157 Å². The van der Waals surface area contributed by atoms with Crippen LogP contribution in [0.1, 0.15) is 58.4 Å². The van der Waals surface area contributed by atoms with Crippen LogP contribution < -0.4 is 10.1 Å². The fourth-order valence-electron chi connectivity index (χ4n) is 2.75. The summed E-state index contributed by atoms with van der Waals surface area (Å²) >= 11 is 0. The first-order valence-electron chi connectivity index (χ1n) is 9.43. The molecule has 1 saturated carbocycles. The molecule has 1 aliphatic carbocycles. The Morgan fingerprint density at radius 3 is 2.62 bits per heavy atom. The highest BCUT2D eigenvalue weighted by Crippen LogP contribution is 2.31. The Morgan fingerprint density at radius 2 is 2.00 bits per heavy atom. The average molecular weight is 386 g/mol. The summed E-state index contributed by atoms with van der Waals surface area (Å²) in [6, 6.07) is 4.67. The molecule has 1 atom stereocenters. The summed E-state index contributed by atoms with van der Waals surface area (Å²) in [4.78, 5) is 0. The van der Waals surface area contributed by atoms with E-state index in [9.17, 15) is 12.8 Å². The van der Waals surface area contributed by atoms with Crippen molar-refractivity contribution in [2.45, 2.75) is 58.4 Å². The van der Waals surface area contributed by atoms with Crippen molar-refractivity contribution in [1.29, 1.82) is 0 Å². The molecule has 0 unspecified atom stereocenters. The lowest BCUT2D eigenvalue weighted by molar-refractivity contribution is 0.285. The van der Waals surface area contributed by atoms with Gasteiger partial charge in [-0.15, -0.1) is 0 Å². The van der Waals surface area contributed by atoms with Crippen molar-refractivity contribution >= 4 is 9.84 Å². The molecule has 0 aliphatic heterocycles. The first-order valence-corrected chi connectivity index (χ1v) is 11.3. The number of rotatable bonds is 10. The first kappa shape index (κ1) is 21.2. The molecule has 2 rings (SSSR count). The molecule has 0 heterocycles. The van der Waals surface area contributed by atoms with E-state index >= 15 is 0 Å². The van der Waals surface area contributed by atoms with Gasteiger partial charge in [0.2, 0.25) is 0 Å². The van der Waals surface area contributed by atoms with E-state index in [1.807, 2.05) is 6.92 Å². The number of nitrogens with one attached hydrogen (secondary N) is 1. The van der Waals surface area contributed by atoms with Crippen LogP contribution in [0, 0.1) is 11.7 Å². The monoisotopic (exact) mass is 385 g/mol. The molecule has 1 fully saturated rings. The van der Waals surface area contributed by atoms with Gasteiger partial charge in [-0.3, -0.25) is 0 Å². The van der Waals surface area contributed by atoms with Gasteiger partial charge in [-0.25, -0.2) is 12.8 Å². The largest absolute Gasteiger partial charge is 0.490 e. The van der Waals surface area contributed by atoms with E-state index in [2.05, 4.69) is 26.1 Å². The van der Waals surface area contributed by atoms with Crippen LogP contribution in [-0.4, -0.2) is 38.6 Å². The standard InChI is InChI=1S/C20H32FNO3S/c1-15(14-26(23,24)11-5-10-22-20(2,3)4)17-8-9-18(21)19(12-17)25-13-16-6-7-16/h8-9,12,15-16,22H,5-7,10-11,13-14H2,1-4H3/t15-/m0/s1. The molecule has 6 heteroatoms. The Kier molecular flexibility index (Phi) is 7.08. The Balaban J connectivity index is 1.88. The third kappa shape index (κ3) is 7.62. The van der Waals surface area contributed by atoms with Gasteiger partial charge in [-0.05, 0) is 76.1 Å². The van der Waals surface area contributed by atoms with Gasteiger partial charge in [0, 0.05) is 5.54 Å². The third-order valence-corrected chi connectivity index (χ3v) is 6.41. The summed E-state index contributed by atoms with van der Waals surface area (Å²) in [7, 11) is -3.16. The molecule has 0 saturated heterocycles. The molecule has 1 aliphatic rings. The number of hydrogen-bond acceptors (Lipinski definition) is 4. The fraction of sp³-hybridized carbons (Fsp3) is 0.700. The van der Waals surface area contributed by atoms with Gasteiger partial charge in [-0.2, -0.15) is 0 Å². The van der Waals surface area contributed by atoms with E-state index in [0.717, 1.165) is 18.4 Å². The van der Waals surface area contributed by atoms with Gasteiger partial charge in [0.1, 0.15) is 0 Å². The quantitative estimate of drug-likeness (QED) is 0.621. The van der Waals surface area contributed by atoms with Crippen LogP contribution in [0.15, 0.2) is 18.2 Å². The van der Waals surface area contributed by atoms with Crippen molar-refractivity contribution in [2.24, 2.45) is 5.92 Å². The Morgan fingerprint density at radius 1 is 1.31 bits per heavy atom. The highest BCUT2D eigenvalue weighted by molar-refractivity contribution is 7.91. The van der Waals surface area contributed by atoms with Crippen LogP contribution in [0.2, 0.25) is 0 Å². The molecule has 0 spiro atoms. The highest BCUT2D eigenvalue weighted by Gasteiger charge is 2.23. The molecule has 1 aromatic rings. The second-order valence-electron chi connectivity index (χ2n) is 8.49. The zero-order valence-electron chi connectivity index (χ0n) is 16.3. The number of hydrogen-bond donors (Lipinski definition) is 1. The van der Waals surface area contributed by atoms with Gasteiger partial charge < -0.3 is 10.1 Å². The molecule has 0 radical (unpaired) electrons. The van der Waals surface area contributed by atoms with E-state index in [1.165, 1.54) is 6.07 Å². The minimum atomic E-state index is -3.16.